The van der Waals surface area contributed by atoms with Crippen LogP contribution < -0.4 is 10.6 Å². The number of nitrogens with zero attached hydrogens (tertiary/aromatic N) is 7. The summed E-state index contributed by atoms with van der Waals surface area (Å²) in [6, 6.07) is -0.966. The van der Waals surface area contributed by atoms with Gasteiger partial charge in [-0.25, -0.2) is 14.5 Å². The van der Waals surface area contributed by atoms with E-state index in [1.54, 1.807) is 7.05 Å². The molecule has 1 unspecified atom stereocenters. The Kier molecular flexibility index (Phi) is 7.31. The van der Waals surface area contributed by atoms with Gasteiger partial charge in [-0.15, -0.1) is 28.2 Å². The minimum Gasteiger partial charge on any atom is -0.477 e. The number of thiazole rings is 1. The summed E-state index contributed by atoms with van der Waals surface area (Å²) in [7, 11) is 2.91. The first-order chi connectivity index (χ1) is 16.8. The Morgan fingerprint density at radius 3 is 2.91 bits per heavy atom. The highest BCUT2D eigenvalue weighted by Crippen LogP contribution is 2.41. The molecule has 0 saturated carbocycles. The molecule has 2 atom stereocenters. The highest BCUT2D eigenvalue weighted by atomic mass is 32.2. The molecule has 2 aromatic heterocycles. The van der Waals surface area contributed by atoms with Gasteiger partial charge < -0.3 is 20.6 Å². The van der Waals surface area contributed by atoms with Crippen LogP contribution in [0.15, 0.2) is 27.0 Å². The zero-order valence-electron chi connectivity index (χ0n) is 18.1. The molecule has 184 valence electrons. The summed E-state index contributed by atoms with van der Waals surface area (Å²) in [4.78, 5) is 58.4. The molecule has 2 aliphatic rings. The summed E-state index contributed by atoms with van der Waals surface area (Å²) in [6.45, 7) is 0. The molecule has 15 nitrogen and oxygen atoms in total. The van der Waals surface area contributed by atoms with Crippen molar-refractivity contribution in [1.82, 2.24) is 35.4 Å². The van der Waals surface area contributed by atoms with Crippen LogP contribution in [-0.4, -0.2) is 95.1 Å². The highest BCUT2D eigenvalue weighted by molar-refractivity contribution is 8.01. The molecule has 1 fully saturated rings. The first kappa shape index (κ1) is 24.6. The maximum Gasteiger partial charge on any atom is 0.352 e. The maximum atomic E-state index is 12.9. The summed E-state index contributed by atoms with van der Waals surface area (Å²) >= 11 is 3.66. The van der Waals surface area contributed by atoms with E-state index in [9.17, 15) is 24.3 Å². The van der Waals surface area contributed by atoms with E-state index in [-0.39, 0.29) is 28.0 Å². The number of hydrogen-bond acceptors (Lipinski definition) is 13. The third kappa shape index (κ3) is 4.84. The minimum atomic E-state index is -1.24. The van der Waals surface area contributed by atoms with Crippen LogP contribution in [0.1, 0.15) is 5.69 Å². The molecule has 2 aromatic rings. The van der Waals surface area contributed by atoms with Gasteiger partial charge in [0.15, 0.2) is 10.8 Å². The van der Waals surface area contributed by atoms with Crippen molar-refractivity contribution in [3.8, 4) is 0 Å². The number of aliphatic carboxylic acids is 1. The summed E-state index contributed by atoms with van der Waals surface area (Å²) in [5, 5.41) is 31.2. The molecular weight excluding hydrogens is 522 g/mol. The predicted molar refractivity (Wildman–Crippen MR) is 125 cm³/mol. The molecule has 0 aromatic carbocycles. The van der Waals surface area contributed by atoms with Crippen LogP contribution in [0.3, 0.4) is 0 Å². The fourth-order valence-electron chi connectivity index (χ4n) is 3.29. The van der Waals surface area contributed by atoms with E-state index in [0.29, 0.717) is 22.9 Å². The molecule has 35 heavy (non-hydrogen) atoms. The number of aryl methyl sites for hydroxylation is 1. The number of anilines is 1. The quantitative estimate of drug-likeness (QED) is 0.111. The average molecular weight is 540 g/mol. The Bertz CT molecular complexity index is 1240. The van der Waals surface area contributed by atoms with Crippen LogP contribution in [0.25, 0.3) is 0 Å². The first-order valence-electron chi connectivity index (χ1n) is 9.69. The molecule has 3 N–H and O–H groups in total. The summed E-state index contributed by atoms with van der Waals surface area (Å²) < 4.78 is 1.46. The van der Waals surface area contributed by atoms with Gasteiger partial charge >= 0.3 is 5.97 Å². The van der Waals surface area contributed by atoms with Gasteiger partial charge in [0.25, 0.3) is 11.8 Å². The van der Waals surface area contributed by atoms with Gasteiger partial charge in [-0.2, -0.15) is 0 Å². The lowest BCUT2D eigenvalue weighted by molar-refractivity contribution is -0.150. The third-order valence-electron chi connectivity index (χ3n) is 4.82. The smallest absolute Gasteiger partial charge is 0.352 e. The molecule has 1 saturated heterocycles. The second-order valence-electron chi connectivity index (χ2n) is 6.91. The van der Waals surface area contributed by atoms with Crippen molar-refractivity contribution >= 4 is 69.9 Å². The van der Waals surface area contributed by atoms with Crippen LogP contribution >= 0.6 is 34.9 Å². The number of aromatic nitrogens is 5. The Labute approximate surface area is 209 Å². The molecule has 3 amide bonds. The van der Waals surface area contributed by atoms with Gasteiger partial charge in [0.05, 0.1) is 0 Å². The Morgan fingerprint density at radius 2 is 2.26 bits per heavy atom. The SMILES string of the molecule is CON=C(C(=O)NC1C(=O)N2C(C(=O)O)=C(CSc3nnnn3C)CS[C@H]12)c1csc(NC=O)n1. The summed E-state index contributed by atoms with van der Waals surface area (Å²) in [5.74, 6) is -1.91. The van der Waals surface area contributed by atoms with Crippen LogP contribution in [0, 0.1) is 0 Å². The average Bonchev–Trinajstić information content (AvgIpc) is 3.47. The lowest BCUT2D eigenvalue weighted by atomic mass is 10.0. The number of tetrazole rings is 1. The van der Waals surface area contributed by atoms with Crippen molar-refractivity contribution in [2.24, 2.45) is 12.2 Å². The van der Waals surface area contributed by atoms with E-state index in [0.717, 1.165) is 11.3 Å². The molecule has 0 aliphatic carbocycles. The number of carbonyl (C=O) groups is 4. The number of nitrogens with one attached hydrogen (secondary N) is 2. The summed E-state index contributed by atoms with van der Waals surface area (Å²) in [5.41, 5.74) is 0.381. The van der Waals surface area contributed by atoms with Gasteiger partial charge in [0.2, 0.25) is 11.6 Å². The number of carboxylic acids is 1. The Hall–Kier alpha value is -3.51. The van der Waals surface area contributed by atoms with E-state index in [1.165, 1.54) is 45.6 Å². The number of carboxylic acid groups (broad SMARTS) is 1. The molecule has 2 aliphatic heterocycles. The molecule has 0 radical (unpaired) electrons. The van der Waals surface area contributed by atoms with E-state index >= 15 is 0 Å². The number of β-lactam (4-membered cyclic amide) rings is 1. The molecule has 4 rings (SSSR count). The van der Waals surface area contributed by atoms with Crippen molar-refractivity contribution in [3.63, 3.8) is 0 Å². The van der Waals surface area contributed by atoms with Gasteiger partial charge in [0, 0.05) is 23.9 Å². The van der Waals surface area contributed by atoms with Crippen molar-refractivity contribution in [3.05, 3.63) is 22.3 Å². The molecule has 0 bridgehead atoms. The second-order valence-corrected chi connectivity index (χ2v) is 9.82. The minimum absolute atomic E-state index is 0.110. The van der Waals surface area contributed by atoms with Gasteiger partial charge in [-0.3, -0.25) is 19.3 Å². The molecule has 18 heteroatoms. The van der Waals surface area contributed by atoms with E-state index in [1.807, 2.05) is 0 Å². The summed E-state index contributed by atoms with van der Waals surface area (Å²) in [6.07, 6.45) is 0.447. The van der Waals surface area contributed by atoms with Crippen LogP contribution in [0.2, 0.25) is 0 Å². The van der Waals surface area contributed by atoms with E-state index in [4.69, 9.17) is 4.84 Å². The van der Waals surface area contributed by atoms with Crippen LogP contribution in [0.4, 0.5) is 5.13 Å². The number of fused-ring (bicyclic) bond motifs is 1. The maximum absolute atomic E-state index is 12.9. The fraction of sp³-hybridized carbons (Fsp3) is 0.353. The topological polar surface area (TPSA) is 194 Å². The highest BCUT2D eigenvalue weighted by Gasteiger charge is 2.54. The number of rotatable bonds is 10. The standard InChI is InChI=1S/C17H17N9O6S3/c1-25-17(21-23-24-25)35-4-7-3-33-14-10(13(29)26(14)11(7)15(30)31)20-12(28)9(22-32-2)8-5-34-16(19-8)18-6-27/h5-6,10,14H,3-4H2,1-2H3,(H,20,28)(H,30,31)(H,18,19,27)/t10?,14-/m1/s1. The number of hydrogen-bond donors (Lipinski definition) is 3. The second kappa shape index (κ2) is 10.4. The largest absolute Gasteiger partial charge is 0.477 e. The Morgan fingerprint density at radius 1 is 1.46 bits per heavy atom. The van der Waals surface area contributed by atoms with Crippen molar-refractivity contribution < 1.29 is 29.1 Å². The molecule has 0 spiro atoms. The zero-order chi connectivity index (χ0) is 25.1. The van der Waals surface area contributed by atoms with E-state index < -0.39 is 29.2 Å². The molecular formula is C17H17N9O6S3. The number of oxime groups is 1. The van der Waals surface area contributed by atoms with Gasteiger partial charge in [-0.1, -0.05) is 16.9 Å². The predicted octanol–water partition coefficient (Wildman–Crippen LogP) is -0.884. The number of carbonyl (C=O) groups excluding carboxylic acids is 3. The van der Waals surface area contributed by atoms with Crippen molar-refractivity contribution in [2.75, 3.05) is 23.9 Å². The lowest BCUT2D eigenvalue weighted by Gasteiger charge is -2.49. The fourth-order valence-corrected chi connectivity index (χ4v) is 6.28. The zero-order valence-corrected chi connectivity index (χ0v) is 20.5. The molecule has 4 heterocycles. The monoisotopic (exact) mass is 539 g/mol. The van der Waals surface area contributed by atoms with Gasteiger partial charge in [-0.05, 0) is 16.0 Å². The lowest BCUT2D eigenvalue weighted by Crippen LogP contribution is -2.71. The first-order valence-corrected chi connectivity index (χ1v) is 12.6. The van der Waals surface area contributed by atoms with Crippen molar-refractivity contribution in [2.45, 2.75) is 16.6 Å². The van der Waals surface area contributed by atoms with Gasteiger partial charge in [0.1, 0.15) is 29.9 Å². The van der Waals surface area contributed by atoms with Crippen molar-refractivity contribution in [1.29, 1.82) is 0 Å². The number of thioether (sulfide) groups is 2. The third-order valence-corrected chi connectivity index (χ3v) is 8.03. The number of amides is 3. The Balaban J connectivity index is 1.48. The van der Waals surface area contributed by atoms with Crippen LogP contribution in [0.5, 0.6) is 0 Å². The normalized spacial score (nSPS) is 19.7. The van der Waals surface area contributed by atoms with Crippen LogP contribution in [-0.2, 0) is 31.1 Å². The van der Waals surface area contributed by atoms with E-state index in [2.05, 4.69) is 36.3 Å².